The standard InChI is InChI=1S/C18H44N6/c1-7-21(3)15-17-23(5)13-11-19-9-10-20-12-14-24(6)18-16-22(4)8-2/h19-20H,7-18H2,1-6H3. The molecule has 0 radical (unpaired) electrons. The molecule has 0 spiro atoms. The summed E-state index contributed by atoms with van der Waals surface area (Å²) in [4.78, 5) is 9.50. The van der Waals surface area contributed by atoms with Crippen molar-refractivity contribution in [2.75, 3.05) is 107 Å². The summed E-state index contributed by atoms with van der Waals surface area (Å²) < 4.78 is 0. The predicted octanol–water partition coefficient (Wildman–Crippen LogP) is -0.0674. The molecular formula is C18H44N6. The number of rotatable bonds is 17. The summed E-state index contributed by atoms with van der Waals surface area (Å²) in [6.45, 7) is 17.7. The summed E-state index contributed by atoms with van der Waals surface area (Å²) in [5.41, 5.74) is 0. The molecule has 0 atom stereocenters. The minimum atomic E-state index is 1.05. The smallest absolute Gasteiger partial charge is 0.0107 e. The average Bonchev–Trinajstić information content (AvgIpc) is 2.59. The maximum Gasteiger partial charge on any atom is 0.0107 e. The Morgan fingerprint density at radius 3 is 1.12 bits per heavy atom. The highest BCUT2D eigenvalue weighted by Crippen LogP contribution is 1.86. The van der Waals surface area contributed by atoms with E-state index in [2.05, 4.69) is 72.3 Å². The van der Waals surface area contributed by atoms with Gasteiger partial charge in [0.15, 0.2) is 0 Å². The maximum absolute atomic E-state index is 3.52. The molecule has 0 heterocycles. The Morgan fingerprint density at radius 1 is 0.458 bits per heavy atom. The molecule has 0 aromatic heterocycles. The molecule has 0 saturated heterocycles. The van der Waals surface area contributed by atoms with Crippen LogP contribution in [0.25, 0.3) is 0 Å². The van der Waals surface area contributed by atoms with E-state index in [4.69, 9.17) is 0 Å². The first-order valence-electron chi connectivity index (χ1n) is 9.65. The van der Waals surface area contributed by atoms with Crippen LogP contribution in [0.2, 0.25) is 0 Å². The molecule has 0 fully saturated rings. The fraction of sp³-hybridized carbons (Fsp3) is 1.00. The first-order chi connectivity index (χ1) is 11.5. The highest BCUT2D eigenvalue weighted by atomic mass is 15.2. The van der Waals surface area contributed by atoms with E-state index in [0.29, 0.717) is 0 Å². The highest BCUT2D eigenvalue weighted by Gasteiger charge is 2.01. The molecule has 6 heteroatoms. The zero-order valence-corrected chi connectivity index (χ0v) is 17.3. The summed E-state index contributed by atoms with van der Waals surface area (Å²) in [7, 11) is 8.76. The molecule has 0 bridgehead atoms. The third kappa shape index (κ3) is 15.3. The SMILES string of the molecule is CCN(C)CCN(C)CCNCCNCCN(C)CCN(C)CC. The summed E-state index contributed by atoms with van der Waals surface area (Å²) in [6.07, 6.45) is 0. The molecule has 0 aliphatic carbocycles. The molecule has 0 aromatic rings. The van der Waals surface area contributed by atoms with Crippen molar-refractivity contribution in [3.63, 3.8) is 0 Å². The fourth-order valence-electron chi connectivity index (χ4n) is 2.19. The maximum atomic E-state index is 3.52. The van der Waals surface area contributed by atoms with Gasteiger partial charge in [-0.1, -0.05) is 13.8 Å². The summed E-state index contributed by atoms with van der Waals surface area (Å²) >= 11 is 0. The van der Waals surface area contributed by atoms with Gasteiger partial charge in [-0.3, -0.25) is 0 Å². The quantitative estimate of drug-likeness (QED) is 0.360. The Hall–Kier alpha value is -0.240. The summed E-state index contributed by atoms with van der Waals surface area (Å²) in [5.74, 6) is 0. The van der Waals surface area contributed by atoms with E-state index in [1.807, 2.05) is 0 Å². The second kappa shape index (κ2) is 16.2. The summed E-state index contributed by atoms with van der Waals surface area (Å²) in [6, 6.07) is 0. The molecule has 2 N–H and O–H groups in total. The van der Waals surface area contributed by atoms with Crippen LogP contribution >= 0.6 is 0 Å². The van der Waals surface area contributed by atoms with Crippen molar-refractivity contribution in [1.29, 1.82) is 0 Å². The van der Waals surface area contributed by atoms with Crippen molar-refractivity contribution in [2.24, 2.45) is 0 Å². The number of nitrogens with one attached hydrogen (secondary N) is 2. The number of hydrogen-bond donors (Lipinski definition) is 2. The van der Waals surface area contributed by atoms with E-state index < -0.39 is 0 Å². The molecule has 146 valence electrons. The molecular weight excluding hydrogens is 300 g/mol. The fourth-order valence-corrected chi connectivity index (χ4v) is 2.19. The van der Waals surface area contributed by atoms with Crippen LogP contribution in [0.4, 0.5) is 0 Å². The Morgan fingerprint density at radius 2 is 0.792 bits per heavy atom. The Balaban J connectivity index is 3.33. The van der Waals surface area contributed by atoms with Crippen molar-refractivity contribution >= 4 is 0 Å². The highest BCUT2D eigenvalue weighted by molar-refractivity contribution is 4.61. The van der Waals surface area contributed by atoms with E-state index >= 15 is 0 Å². The zero-order valence-electron chi connectivity index (χ0n) is 17.3. The van der Waals surface area contributed by atoms with Crippen molar-refractivity contribution < 1.29 is 0 Å². The number of nitrogens with zero attached hydrogens (tertiary/aromatic N) is 4. The second-order valence-corrected chi connectivity index (χ2v) is 6.90. The van der Waals surface area contributed by atoms with Crippen molar-refractivity contribution in [1.82, 2.24) is 30.2 Å². The molecule has 24 heavy (non-hydrogen) atoms. The van der Waals surface area contributed by atoms with Crippen LogP contribution < -0.4 is 10.6 Å². The van der Waals surface area contributed by atoms with E-state index in [9.17, 15) is 0 Å². The van der Waals surface area contributed by atoms with Crippen LogP contribution in [0.3, 0.4) is 0 Å². The average molecular weight is 345 g/mol. The van der Waals surface area contributed by atoms with Gasteiger partial charge >= 0.3 is 0 Å². The Kier molecular flexibility index (Phi) is 16.1. The van der Waals surface area contributed by atoms with Crippen molar-refractivity contribution in [3.8, 4) is 0 Å². The lowest BCUT2D eigenvalue weighted by molar-refractivity contribution is 0.261. The van der Waals surface area contributed by atoms with Gasteiger partial charge in [-0.05, 0) is 41.3 Å². The molecule has 0 amide bonds. The van der Waals surface area contributed by atoms with Gasteiger partial charge in [-0.15, -0.1) is 0 Å². The van der Waals surface area contributed by atoms with Gasteiger partial charge in [0.1, 0.15) is 0 Å². The molecule has 0 aromatic carbocycles. The van der Waals surface area contributed by atoms with Crippen LogP contribution in [0.1, 0.15) is 13.8 Å². The van der Waals surface area contributed by atoms with Gasteiger partial charge < -0.3 is 30.2 Å². The third-order valence-corrected chi connectivity index (χ3v) is 4.63. The Bertz CT molecular complexity index is 238. The van der Waals surface area contributed by atoms with E-state index in [0.717, 1.165) is 78.5 Å². The minimum absolute atomic E-state index is 1.05. The molecule has 0 unspecified atom stereocenters. The molecule has 0 saturated carbocycles. The van der Waals surface area contributed by atoms with Crippen LogP contribution in [0.15, 0.2) is 0 Å². The van der Waals surface area contributed by atoms with Gasteiger partial charge in [0.05, 0.1) is 0 Å². The van der Waals surface area contributed by atoms with Gasteiger partial charge in [0, 0.05) is 65.4 Å². The molecule has 0 rings (SSSR count). The largest absolute Gasteiger partial charge is 0.314 e. The van der Waals surface area contributed by atoms with E-state index in [1.54, 1.807) is 0 Å². The second-order valence-electron chi connectivity index (χ2n) is 6.90. The first-order valence-corrected chi connectivity index (χ1v) is 9.65. The van der Waals surface area contributed by atoms with Gasteiger partial charge in [0.25, 0.3) is 0 Å². The normalized spacial score (nSPS) is 12.2. The van der Waals surface area contributed by atoms with Crippen LogP contribution in [-0.4, -0.2) is 126 Å². The first kappa shape index (κ1) is 23.8. The molecule has 0 aliphatic rings. The predicted molar refractivity (Wildman–Crippen MR) is 107 cm³/mol. The number of likely N-dealkylation sites (N-methyl/N-ethyl adjacent to an activating group) is 4. The van der Waals surface area contributed by atoms with Gasteiger partial charge in [-0.2, -0.15) is 0 Å². The minimum Gasteiger partial charge on any atom is -0.314 e. The Labute approximate surface area is 151 Å². The number of hydrogen-bond acceptors (Lipinski definition) is 6. The van der Waals surface area contributed by atoms with Gasteiger partial charge in [-0.25, -0.2) is 0 Å². The lowest BCUT2D eigenvalue weighted by atomic mass is 10.4. The van der Waals surface area contributed by atoms with Crippen LogP contribution in [-0.2, 0) is 0 Å². The van der Waals surface area contributed by atoms with Crippen molar-refractivity contribution in [3.05, 3.63) is 0 Å². The lowest BCUT2D eigenvalue weighted by Crippen LogP contribution is -2.38. The van der Waals surface area contributed by atoms with Gasteiger partial charge in [0.2, 0.25) is 0 Å². The zero-order chi connectivity index (χ0) is 18.2. The third-order valence-electron chi connectivity index (χ3n) is 4.63. The monoisotopic (exact) mass is 344 g/mol. The lowest BCUT2D eigenvalue weighted by Gasteiger charge is -2.21. The summed E-state index contributed by atoms with van der Waals surface area (Å²) in [5, 5.41) is 7.03. The van der Waals surface area contributed by atoms with Crippen LogP contribution in [0.5, 0.6) is 0 Å². The molecule has 0 aliphatic heterocycles. The van der Waals surface area contributed by atoms with E-state index in [-0.39, 0.29) is 0 Å². The topological polar surface area (TPSA) is 37.0 Å². The molecule has 6 nitrogen and oxygen atoms in total. The van der Waals surface area contributed by atoms with E-state index in [1.165, 1.54) is 0 Å². The van der Waals surface area contributed by atoms with Crippen molar-refractivity contribution in [2.45, 2.75) is 13.8 Å². The van der Waals surface area contributed by atoms with Crippen LogP contribution in [0, 0.1) is 0 Å².